The lowest BCUT2D eigenvalue weighted by molar-refractivity contribution is 0.0503. The highest BCUT2D eigenvalue weighted by Gasteiger charge is 2.26. The molecule has 1 aliphatic rings. The summed E-state index contributed by atoms with van der Waals surface area (Å²) in [5.74, 6) is 0.619. The molecule has 160 valence electrons. The first kappa shape index (κ1) is 21.8. The molecule has 0 fully saturated rings. The van der Waals surface area contributed by atoms with Gasteiger partial charge in [0.2, 0.25) is 0 Å². The van der Waals surface area contributed by atoms with Gasteiger partial charge < -0.3 is 15.0 Å². The molecule has 1 unspecified atom stereocenters. The van der Waals surface area contributed by atoms with Crippen molar-refractivity contribution in [3.8, 4) is 0 Å². The third kappa shape index (κ3) is 5.81. The average Bonchev–Trinajstić information content (AvgIpc) is 3.04. The second-order valence-corrected chi connectivity index (χ2v) is 8.76. The number of nitrogens with zero attached hydrogens (tertiary/aromatic N) is 2. The highest BCUT2D eigenvalue weighted by Crippen LogP contribution is 2.34. The fourth-order valence-corrected chi connectivity index (χ4v) is 3.51. The van der Waals surface area contributed by atoms with Gasteiger partial charge in [0, 0.05) is 13.6 Å². The van der Waals surface area contributed by atoms with E-state index in [1.54, 1.807) is 12.1 Å². The average molecular weight is 412 g/mol. The van der Waals surface area contributed by atoms with Crippen molar-refractivity contribution in [1.29, 1.82) is 0 Å². The lowest BCUT2D eigenvalue weighted by Gasteiger charge is -2.22. The number of benzene rings is 2. The summed E-state index contributed by atoms with van der Waals surface area (Å²) in [4.78, 5) is 19.0. The Morgan fingerprint density at radius 1 is 1.23 bits per heavy atom. The first-order chi connectivity index (χ1) is 14.1. The van der Waals surface area contributed by atoms with Crippen LogP contribution < -0.4 is 5.32 Å². The molecule has 0 bridgehead atoms. The van der Waals surface area contributed by atoms with Crippen molar-refractivity contribution in [3.05, 3.63) is 65.0 Å². The fourth-order valence-electron chi connectivity index (χ4n) is 3.51. The molecule has 5 nitrogen and oxygen atoms in total. The number of carbonyl (C=O) groups is 1. The number of hydrogen-bond acceptors (Lipinski definition) is 3. The second-order valence-electron chi connectivity index (χ2n) is 8.76. The van der Waals surface area contributed by atoms with Gasteiger partial charge in [-0.1, -0.05) is 18.2 Å². The van der Waals surface area contributed by atoms with E-state index in [0.29, 0.717) is 6.54 Å². The van der Waals surface area contributed by atoms with Crippen molar-refractivity contribution in [2.75, 3.05) is 7.05 Å². The van der Waals surface area contributed by atoms with E-state index in [9.17, 15) is 9.18 Å². The number of alkyl carbamates (subject to hydrolysis) is 1. The highest BCUT2D eigenvalue weighted by atomic mass is 19.1. The van der Waals surface area contributed by atoms with Crippen molar-refractivity contribution in [1.82, 2.24) is 10.2 Å². The summed E-state index contributed by atoms with van der Waals surface area (Å²) < 4.78 is 18.5. The van der Waals surface area contributed by atoms with Gasteiger partial charge in [0.25, 0.3) is 0 Å². The number of rotatable bonds is 4. The summed E-state index contributed by atoms with van der Waals surface area (Å²) in [5.41, 5.74) is 3.66. The Balaban J connectivity index is 1.70. The van der Waals surface area contributed by atoms with Crippen LogP contribution >= 0.6 is 0 Å². The predicted octanol–water partition coefficient (Wildman–Crippen LogP) is 5.52. The van der Waals surface area contributed by atoms with Gasteiger partial charge in [0.15, 0.2) is 0 Å². The third-order valence-electron chi connectivity index (χ3n) is 5.07. The molecular weight excluding hydrogens is 381 g/mol. The largest absolute Gasteiger partial charge is 0.444 e. The van der Waals surface area contributed by atoms with Crippen LogP contribution in [0, 0.1) is 5.82 Å². The van der Waals surface area contributed by atoms with E-state index < -0.39 is 11.7 Å². The second kappa shape index (κ2) is 8.86. The van der Waals surface area contributed by atoms with Crippen LogP contribution in [0.4, 0.5) is 14.9 Å². The monoisotopic (exact) mass is 411 g/mol. The molecule has 0 spiro atoms. The number of amidine groups is 1. The molecule has 0 heterocycles. The molecule has 1 N–H and O–H groups in total. The number of aliphatic imine (C=N–C) groups is 1. The lowest BCUT2D eigenvalue weighted by Crippen LogP contribution is -2.34. The number of aryl methyl sites for hydroxylation is 1. The molecule has 30 heavy (non-hydrogen) atoms. The van der Waals surface area contributed by atoms with Crippen molar-refractivity contribution in [3.63, 3.8) is 0 Å². The van der Waals surface area contributed by atoms with Crippen LogP contribution in [0.2, 0.25) is 0 Å². The van der Waals surface area contributed by atoms with Crippen molar-refractivity contribution < 1.29 is 13.9 Å². The van der Waals surface area contributed by atoms with Crippen molar-refractivity contribution in [2.24, 2.45) is 4.99 Å². The normalized spacial score (nSPS) is 16.2. The van der Waals surface area contributed by atoms with Crippen LogP contribution in [0.5, 0.6) is 0 Å². The van der Waals surface area contributed by atoms with Gasteiger partial charge in [0.05, 0.1) is 11.7 Å². The van der Waals surface area contributed by atoms with E-state index in [4.69, 9.17) is 9.73 Å². The summed E-state index contributed by atoms with van der Waals surface area (Å²) in [6, 6.07) is 12.6. The SMILES string of the molecule is CC(=Nc1ccc2c(c1)C(NC(=O)OC(C)(C)C)CC2)N(C)Cc1ccc(F)cc1. The molecule has 0 saturated carbocycles. The van der Waals surface area contributed by atoms with E-state index in [1.807, 2.05) is 51.8 Å². The van der Waals surface area contributed by atoms with Gasteiger partial charge in [-0.05, 0) is 81.5 Å². The number of amides is 1. The van der Waals surface area contributed by atoms with Crippen molar-refractivity contribution in [2.45, 2.75) is 58.7 Å². The Hall–Kier alpha value is -2.89. The van der Waals surface area contributed by atoms with Crippen LogP contribution in [0.15, 0.2) is 47.5 Å². The van der Waals surface area contributed by atoms with Crippen LogP contribution in [0.25, 0.3) is 0 Å². The van der Waals surface area contributed by atoms with Gasteiger partial charge >= 0.3 is 6.09 Å². The molecule has 2 aromatic carbocycles. The molecular formula is C24H30FN3O2. The van der Waals surface area contributed by atoms with Crippen LogP contribution in [0.1, 0.15) is 56.8 Å². The minimum absolute atomic E-state index is 0.0674. The summed E-state index contributed by atoms with van der Waals surface area (Å²) in [6.45, 7) is 8.16. The molecule has 1 amide bonds. The van der Waals surface area contributed by atoms with E-state index in [2.05, 4.69) is 11.4 Å². The molecule has 1 aliphatic carbocycles. The summed E-state index contributed by atoms with van der Waals surface area (Å²) in [6.07, 6.45) is 1.37. The van der Waals surface area contributed by atoms with E-state index in [-0.39, 0.29) is 11.9 Å². The summed E-state index contributed by atoms with van der Waals surface area (Å²) in [7, 11) is 1.96. The van der Waals surface area contributed by atoms with Crippen LogP contribution in [-0.4, -0.2) is 29.5 Å². The number of carbonyl (C=O) groups excluding carboxylic acids is 1. The van der Waals surface area contributed by atoms with E-state index in [1.165, 1.54) is 17.7 Å². The number of halogens is 1. The Morgan fingerprint density at radius 2 is 1.93 bits per heavy atom. The van der Waals surface area contributed by atoms with Gasteiger partial charge in [-0.2, -0.15) is 0 Å². The molecule has 0 aliphatic heterocycles. The molecule has 1 atom stereocenters. The zero-order valence-corrected chi connectivity index (χ0v) is 18.3. The Kier molecular flexibility index (Phi) is 6.44. The number of nitrogens with one attached hydrogen (secondary N) is 1. The standard InChI is InChI=1S/C24H30FN3O2/c1-16(28(5)15-17-6-10-19(25)11-7-17)26-20-12-8-18-9-13-22(21(18)14-20)27-23(29)30-24(2,3)4/h6-8,10-12,14,22H,9,13,15H2,1-5H3,(H,27,29). The number of fused-ring (bicyclic) bond motifs is 1. The zero-order valence-electron chi connectivity index (χ0n) is 18.3. The van der Waals surface area contributed by atoms with Gasteiger partial charge in [0.1, 0.15) is 17.3 Å². The maximum Gasteiger partial charge on any atom is 0.408 e. The van der Waals surface area contributed by atoms with Crippen LogP contribution in [0.3, 0.4) is 0 Å². The third-order valence-corrected chi connectivity index (χ3v) is 5.07. The molecule has 0 saturated heterocycles. The summed E-state index contributed by atoms with van der Waals surface area (Å²) >= 11 is 0. The quantitative estimate of drug-likeness (QED) is 0.532. The smallest absolute Gasteiger partial charge is 0.408 e. The van der Waals surface area contributed by atoms with Crippen molar-refractivity contribution >= 4 is 17.6 Å². The predicted molar refractivity (Wildman–Crippen MR) is 118 cm³/mol. The number of ether oxygens (including phenoxy) is 1. The minimum Gasteiger partial charge on any atom is -0.444 e. The molecule has 6 heteroatoms. The molecule has 3 rings (SSSR count). The fraction of sp³-hybridized carbons (Fsp3) is 0.417. The Morgan fingerprint density at radius 3 is 2.60 bits per heavy atom. The first-order valence-corrected chi connectivity index (χ1v) is 10.2. The minimum atomic E-state index is -0.524. The number of hydrogen-bond donors (Lipinski definition) is 1. The lowest BCUT2D eigenvalue weighted by atomic mass is 10.1. The van der Waals surface area contributed by atoms with E-state index >= 15 is 0 Å². The highest BCUT2D eigenvalue weighted by molar-refractivity contribution is 5.82. The summed E-state index contributed by atoms with van der Waals surface area (Å²) in [5, 5.41) is 2.98. The zero-order chi connectivity index (χ0) is 21.9. The van der Waals surface area contributed by atoms with Gasteiger partial charge in [-0.25, -0.2) is 14.2 Å². The molecule has 0 radical (unpaired) electrons. The Bertz CT molecular complexity index is 932. The van der Waals surface area contributed by atoms with Gasteiger partial charge in [-0.15, -0.1) is 0 Å². The Labute approximate surface area is 178 Å². The molecule has 2 aromatic rings. The van der Waals surface area contributed by atoms with Gasteiger partial charge in [-0.3, -0.25) is 0 Å². The van der Waals surface area contributed by atoms with Crippen LogP contribution in [-0.2, 0) is 17.7 Å². The maximum atomic E-state index is 13.1. The first-order valence-electron chi connectivity index (χ1n) is 10.2. The topological polar surface area (TPSA) is 53.9 Å². The molecule has 0 aromatic heterocycles. The maximum absolute atomic E-state index is 13.1. The van der Waals surface area contributed by atoms with E-state index in [0.717, 1.165) is 35.5 Å².